The summed E-state index contributed by atoms with van der Waals surface area (Å²) in [6, 6.07) is 11.4. The van der Waals surface area contributed by atoms with Gasteiger partial charge in [-0.05, 0) is 67.1 Å². The van der Waals surface area contributed by atoms with Gasteiger partial charge in [0.25, 0.3) is 0 Å². The number of sulfonamides is 2. The third-order valence-corrected chi connectivity index (χ3v) is 11.2. The van der Waals surface area contributed by atoms with Gasteiger partial charge in [-0.15, -0.1) is 11.8 Å². The standard InChI is InChI=1S/C26H34N4O8S3/c1-26(11-14-39-24(26)25(33)34)41(37,38)28-19-4-6-20(7-5-19)30-12-9-18(10-13-30)27-16-23(32)17-3-8-22(31)21(15-17)29-40(2,35)36/h3-8,11,14-15,18,23-24,27-29,31-32H,9-10,12-13,16H2,1-2H3,(H,33,34)/t23-,24?,26?/m0/s1. The first-order valence-corrected chi connectivity index (χ1v) is 17.2. The molecule has 0 aliphatic carbocycles. The topological polar surface area (TPSA) is 185 Å². The molecule has 0 saturated carbocycles. The van der Waals surface area contributed by atoms with E-state index >= 15 is 0 Å². The zero-order chi connectivity index (χ0) is 30.0. The van der Waals surface area contributed by atoms with Crippen LogP contribution in [0, 0.1) is 0 Å². The van der Waals surface area contributed by atoms with Gasteiger partial charge in [0, 0.05) is 37.1 Å². The van der Waals surface area contributed by atoms with Gasteiger partial charge in [0.1, 0.15) is 15.7 Å². The molecule has 0 bridgehead atoms. The molecule has 15 heteroatoms. The van der Waals surface area contributed by atoms with Crippen molar-refractivity contribution >= 4 is 54.8 Å². The van der Waals surface area contributed by atoms with Crippen LogP contribution in [-0.2, 0) is 24.8 Å². The van der Waals surface area contributed by atoms with Gasteiger partial charge in [-0.1, -0.05) is 12.1 Å². The largest absolute Gasteiger partial charge is 0.506 e. The van der Waals surface area contributed by atoms with Crippen molar-refractivity contribution in [1.82, 2.24) is 5.32 Å². The van der Waals surface area contributed by atoms with Gasteiger partial charge in [0.05, 0.1) is 18.0 Å². The Bertz CT molecular complexity index is 1510. The number of piperidine rings is 1. The van der Waals surface area contributed by atoms with Crippen LogP contribution in [0.15, 0.2) is 53.9 Å². The molecule has 0 radical (unpaired) electrons. The van der Waals surface area contributed by atoms with Crippen LogP contribution in [0.5, 0.6) is 5.75 Å². The fraction of sp³-hybridized carbons (Fsp3) is 0.423. The van der Waals surface area contributed by atoms with Crippen molar-refractivity contribution in [3.63, 3.8) is 0 Å². The van der Waals surface area contributed by atoms with Crippen molar-refractivity contribution in [2.75, 3.05) is 40.2 Å². The molecule has 2 aromatic rings. The molecule has 1 fully saturated rings. The number of phenols is 1. The van der Waals surface area contributed by atoms with Gasteiger partial charge < -0.3 is 25.5 Å². The molecular formula is C26H34N4O8S3. The molecule has 2 aliphatic rings. The fourth-order valence-corrected chi connectivity index (χ4v) is 8.27. The van der Waals surface area contributed by atoms with E-state index in [1.54, 1.807) is 12.1 Å². The number of carbonyl (C=O) groups is 1. The summed E-state index contributed by atoms with van der Waals surface area (Å²) in [6.07, 6.45) is 3.08. The van der Waals surface area contributed by atoms with Gasteiger partial charge in [-0.25, -0.2) is 16.8 Å². The zero-order valence-electron chi connectivity index (χ0n) is 22.5. The summed E-state index contributed by atoms with van der Waals surface area (Å²) in [5, 5.41) is 33.7. The van der Waals surface area contributed by atoms with Crippen LogP contribution in [0.25, 0.3) is 0 Å². The first-order valence-electron chi connectivity index (χ1n) is 12.8. The van der Waals surface area contributed by atoms with Gasteiger partial charge in [0.15, 0.2) is 0 Å². The Labute approximate surface area is 243 Å². The van der Waals surface area contributed by atoms with Gasteiger partial charge in [-0.2, -0.15) is 0 Å². The van der Waals surface area contributed by atoms with E-state index in [2.05, 4.69) is 19.7 Å². The Morgan fingerprint density at radius 1 is 1.10 bits per heavy atom. The second-order valence-corrected chi connectivity index (χ2v) is 15.2. The molecule has 2 unspecified atom stereocenters. The molecule has 0 amide bonds. The quantitative estimate of drug-likeness (QED) is 0.201. The molecule has 0 aromatic heterocycles. The average molecular weight is 627 g/mol. The molecule has 224 valence electrons. The van der Waals surface area contributed by atoms with Crippen LogP contribution in [0.2, 0.25) is 0 Å². The molecule has 41 heavy (non-hydrogen) atoms. The van der Waals surface area contributed by atoms with Crippen LogP contribution in [0.1, 0.15) is 31.4 Å². The van der Waals surface area contributed by atoms with E-state index in [9.17, 15) is 36.9 Å². The molecule has 4 rings (SSSR count). The Hall–Kier alpha value is -2.98. The van der Waals surface area contributed by atoms with E-state index in [-0.39, 0.29) is 24.0 Å². The molecule has 6 N–H and O–H groups in total. The summed E-state index contributed by atoms with van der Waals surface area (Å²) in [7, 11) is -7.61. The predicted octanol–water partition coefficient (Wildman–Crippen LogP) is 2.27. The Balaban J connectivity index is 1.29. The maximum absolute atomic E-state index is 13.0. The third kappa shape index (κ3) is 7.27. The number of aliphatic carboxylic acids is 1. The van der Waals surface area contributed by atoms with Crippen LogP contribution in [0.4, 0.5) is 17.1 Å². The molecule has 2 aromatic carbocycles. The lowest BCUT2D eigenvalue weighted by atomic mass is 10.0. The molecule has 1 saturated heterocycles. The highest BCUT2D eigenvalue weighted by Gasteiger charge is 2.51. The number of hydrogen-bond acceptors (Lipinski definition) is 10. The van der Waals surface area contributed by atoms with Crippen molar-refractivity contribution in [1.29, 1.82) is 0 Å². The number of carboxylic acid groups (broad SMARTS) is 1. The first-order chi connectivity index (χ1) is 19.2. The SMILES string of the molecule is CC1(S(=O)(=O)Nc2ccc(N3CCC(NC[C@H](O)c4ccc(O)c(NS(C)(=O)=O)c4)CC3)cc2)C=CSC1C(=O)O. The first kappa shape index (κ1) is 31.0. The summed E-state index contributed by atoms with van der Waals surface area (Å²) in [6.45, 7) is 3.12. The monoisotopic (exact) mass is 626 g/mol. The molecule has 3 atom stereocenters. The lowest BCUT2D eigenvalue weighted by Crippen LogP contribution is -2.48. The van der Waals surface area contributed by atoms with Crippen LogP contribution < -0.4 is 19.7 Å². The van der Waals surface area contributed by atoms with E-state index in [0.717, 1.165) is 49.6 Å². The van der Waals surface area contributed by atoms with E-state index < -0.39 is 42.1 Å². The summed E-state index contributed by atoms with van der Waals surface area (Å²) in [5.41, 5.74) is 1.74. The summed E-state index contributed by atoms with van der Waals surface area (Å²) >= 11 is 0.966. The van der Waals surface area contributed by atoms with Crippen molar-refractivity contribution in [3.8, 4) is 5.75 Å². The van der Waals surface area contributed by atoms with E-state index in [0.29, 0.717) is 11.3 Å². The number of nitrogens with one attached hydrogen (secondary N) is 3. The molecule has 2 aliphatic heterocycles. The smallest absolute Gasteiger partial charge is 0.319 e. The van der Waals surface area contributed by atoms with E-state index in [1.807, 2.05) is 12.1 Å². The van der Waals surface area contributed by atoms with Crippen LogP contribution in [-0.4, -0.2) is 80.1 Å². The molecular weight excluding hydrogens is 593 g/mol. The van der Waals surface area contributed by atoms with Gasteiger partial charge >= 0.3 is 5.97 Å². The number of carboxylic acids is 1. The highest BCUT2D eigenvalue weighted by molar-refractivity contribution is 8.05. The summed E-state index contributed by atoms with van der Waals surface area (Å²) < 4.78 is 52.3. The Morgan fingerprint density at radius 3 is 2.37 bits per heavy atom. The zero-order valence-corrected chi connectivity index (χ0v) is 25.0. The van der Waals surface area contributed by atoms with Crippen molar-refractivity contribution < 1.29 is 36.9 Å². The normalized spacial score (nSPS) is 22.4. The number of rotatable bonds is 11. The van der Waals surface area contributed by atoms with Crippen LogP contribution >= 0.6 is 11.8 Å². The average Bonchev–Trinajstić information content (AvgIpc) is 3.32. The number of thioether (sulfide) groups is 1. The summed E-state index contributed by atoms with van der Waals surface area (Å²) in [5.74, 6) is -1.42. The lowest BCUT2D eigenvalue weighted by Gasteiger charge is -2.34. The minimum Gasteiger partial charge on any atom is -0.506 e. The minimum absolute atomic E-state index is 0.00390. The van der Waals surface area contributed by atoms with Crippen molar-refractivity contribution in [2.24, 2.45) is 0 Å². The number of hydrogen-bond donors (Lipinski definition) is 6. The lowest BCUT2D eigenvalue weighted by molar-refractivity contribution is -0.136. The molecule has 2 heterocycles. The number of aliphatic hydroxyl groups is 1. The van der Waals surface area contributed by atoms with E-state index in [4.69, 9.17) is 0 Å². The highest BCUT2D eigenvalue weighted by atomic mass is 32.2. The number of nitrogens with zero attached hydrogens (tertiary/aromatic N) is 1. The van der Waals surface area contributed by atoms with Gasteiger partial charge in [-0.3, -0.25) is 14.2 Å². The number of anilines is 3. The van der Waals surface area contributed by atoms with E-state index in [1.165, 1.54) is 36.6 Å². The van der Waals surface area contributed by atoms with Crippen LogP contribution in [0.3, 0.4) is 0 Å². The highest BCUT2D eigenvalue weighted by Crippen LogP contribution is 2.40. The minimum atomic E-state index is -4.02. The fourth-order valence-electron chi connectivity index (χ4n) is 4.80. The maximum Gasteiger partial charge on any atom is 0.319 e. The van der Waals surface area contributed by atoms with Gasteiger partial charge in [0.2, 0.25) is 20.0 Å². The van der Waals surface area contributed by atoms with Crippen molar-refractivity contribution in [2.45, 2.75) is 41.9 Å². The molecule has 12 nitrogen and oxygen atoms in total. The number of aromatic hydroxyl groups is 1. The predicted molar refractivity (Wildman–Crippen MR) is 160 cm³/mol. The Kier molecular flexibility index (Phi) is 9.13. The second kappa shape index (κ2) is 12.1. The number of aliphatic hydroxyl groups excluding tert-OH is 1. The maximum atomic E-state index is 13.0. The third-order valence-electron chi connectivity index (χ3n) is 7.22. The van der Waals surface area contributed by atoms with Crippen molar-refractivity contribution in [3.05, 3.63) is 59.5 Å². The number of phenolic OH excluding ortho intramolecular Hbond substituents is 1. The molecule has 0 spiro atoms. The number of benzene rings is 2. The Morgan fingerprint density at radius 2 is 1.76 bits per heavy atom. The summed E-state index contributed by atoms with van der Waals surface area (Å²) in [4.78, 5) is 13.7. The second-order valence-electron chi connectivity index (χ2n) is 10.3.